The Balaban J connectivity index is 0.00000162. The summed E-state index contributed by atoms with van der Waals surface area (Å²) in [4.78, 5) is 16.4. The minimum atomic E-state index is -1.11. The predicted octanol–water partition coefficient (Wildman–Crippen LogP) is 0.634. The molecule has 166 valence electrons. The average Bonchev–Trinajstić information content (AvgIpc) is 3.09. The molecule has 7 heteroatoms. The number of aliphatic carboxylic acids is 1. The minimum absolute atomic E-state index is 0. The summed E-state index contributed by atoms with van der Waals surface area (Å²) in [7, 11) is 1.60. The van der Waals surface area contributed by atoms with Crippen LogP contribution in [0.15, 0.2) is 78.9 Å². The van der Waals surface area contributed by atoms with Crippen molar-refractivity contribution in [1.82, 2.24) is 9.55 Å². The van der Waals surface area contributed by atoms with Gasteiger partial charge in [-0.2, -0.15) is 0 Å². The van der Waals surface area contributed by atoms with Crippen LogP contribution in [0.3, 0.4) is 0 Å². The predicted molar refractivity (Wildman–Crippen MR) is 128 cm³/mol. The van der Waals surface area contributed by atoms with Crippen LogP contribution in [0.1, 0.15) is 11.3 Å². The standard InChI is InChI=1S/C27H22N2O3.Na.H2O/c1-17-21(15-27(30)31)22-14-19(32-2)12-13-25(22)29(17)26-16-24(18-8-4-3-5-9-18)28-23-11-7-6-10-20(23)26;;/h3-14,16H,15H2,1-2H3,(H,30,31);;1H2/q;+1;/p-1. The molecule has 0 unspecified atom stereocenters. The van der Waals surface area contributed by atoms with Crippen LogP contribution in [0, 0.1) is 6.92 Å². The molecule has 2 aromatic heterocycles. The summed E-state index contributed by atoms with van der Waals surface area (Å²) in [6.07, 6.45) is -0.170. The van der Waals surface area contributed by atoms with E-state index in [9.17, 15) is 9.90 Å². The van der Waals surface area contributed by atoms with Crippen LogP contribution in [0.4, 0.5) is 0 Å². The van der Waals surface area contributed by atoms with Gasteiger partial charge >= 0.3 is 29.6 Å². The number of rotatable bonds is 5. The van der Waals surface area contributed by atoms with E-state index in [4.69, 9.17) is 9.72 Å². The molecule has 0 aliphatic carbocycles. The van der Waals surface area contributed by atoms with Gasteiger partial charge in [-0.15, -0.1) is 0 Å². The van der Waals surface area contributed by atoms with Crippen LogP contribution in [-0.2, 0) is 11.2 Å². The van der Waals surface area contributed by atoms with Gasteiger partial charge in [-0.1, -0.05) is 48.5 Å². The minimum Gasteiger partial charge on any atom is -0.550 e. The van der Waals surface area contributed by atoms with E-state index in [1.54, 1.807) is 7.11 Å². The number of hydrogen-bond acceptors (Lipinski definition) is 4. The van der Waals surface area contributed by atoms with Crippen molar-refractivity contribution in [3.05, 3.63) is 90.1 Å². The molecule has 0 amide bonds. The number of carboxylic acids is 1. The molecule has 6 nitrogen and oxygen atoms in total. The number of para-hydroxylation sites is 1. The number of aromatic nitrogens is 2. The number of fused-ring (bicyclic) bond motifs is 2. The fraction of sp³-hybridized carbons (Fsp3) is 0.111. The molecule has 3 aromatic carbocycles. The van der Waals surface area contributed by atoms with E-state index in [-0.39, 0.29) is 41.5 Å². The van der Waals surface area contributed by atoms with Gasteiger partial charge in [-0.3, -0.25) is 0 Å². The van der Waals surface area contributed by atoms with E-state index in [2.05, 4.69) is 10.6 Å². The second kappa shape index (κ2) is 10.4. The van der Waals surface area contributed by atoms with Crippen molar-refractivity contribution in [2.45, 2.75) is 13.3 Å². The quantitative estimate of drug-likeness (QED) is 0.358. The summed E-state index contributed by atoms with van der Waals surface area (Å²) in [6, 6.07) is 25.9. The number of nitrogens with zero attached hydrogens (tertiary/aromatic N) is 2. The molecule has 34 heavy (non-hydrogen) atoms. The molecule has 0 bridgehead atoms. The van der Waals surface area contributed by atoms with Gasteiger partial charge < -0.3 is 24.7 Å². The van der Waals surface area contributed by atoms with Crippen molar-refractivity contribution < 1.29 is 49.7 Å². The van der Waals surface area contributed by atoms with E-state index < -0.39 is 5.97 Å². The summed E-state index contributed by atoms with van der Waals surface area (Å²) in [5, 5.41) is 13.4. The van der Waals surface area contributed by atoms with Gasteiger partial charge in [0, 0.05) is 34.4 Å². The molecule has 0 aliphatic rings. The van der Waals surface area contributed by atoms with Crippen LogP contribution in [0.5, 0.6) is 5.75 Å². The summed E-state index contributed by atoms with van der Waals surface area (Å²) in [6.45, 7) is 1.95. The molecule has 5 aromatic rings. The third-order valence-electron chi connectivity index (χ3n) is 5.87. The second-order valence-corrected chi connectivity index (χ2v) is 7.74. The van der Waals surface area contributed by atoms with Crippen molar-refractivity contribution >= 4 is 27.8 Å². The maximum atomic E-state index is 11.6. The monoisotopic (exact) mass is 462 g/mol. The molecule has 0 spiro atoms. The molecule has 5 rings (SSSR count). The maximum absolute atomic E-state index is 11.6. The molecule has 0 atom stereocenters. The van der Waals surface area contributed by atoms with E-state index in [0.717, 1.165) is 50.0 Å². The van der Waals surface area contributed by atoms with Crippen molar-refractivity contribution in [1.29, 1.82) is 0 Å². The zero-order valence-corrected chi connectivity index (χ0v) is 21.3. The Bertz CT molecular complexity index is 1480. The first-order valence-corrected chi connectivity index (χ1v) is 10.4. The van der Waals surface area contributed by atoms with Crippen LogP contribution in [0.2, 0.25) is 0 Å². The summed E-state index contributed by atoms with van der Waals surface area (Å²) < 4.78 is 7.52. The Hall–Kier alpha value is -3.16. The van der Waals surface area contributed by atoms with Gasteiger partial charge in [0.05, 0.1) is 29.5 Å². The molecule has 0 fully saturated rings. The van der Waals surface area contributed by atoms with Crippen LogP contribution in [-0.4, -0.2) is 28.1 Å². The SMILES string of the molecule is COc1ccc2c(c1)c(CC(=O)[O-])c(C)n2-c1cc(-c2ccccc2)nc2ccccc12.O.[Na+]. The fourth-order valence-corrected chi connectivity index (χ4v) is 4.37. The Morgan fingerprint density at radius 1 is 0.971 bits per heavy atom. The van der Waals surface area contributed by atoms with Crippen molar-refractivity contribution in [3.8, 4) is 22.7 Å². The van der Waals surface area contributed by atoms with Crippen LogP contribution >= 0.6 is 0 Å². The maximum Gasteiger partial charge on any atom is 1.00 e. The van der Waals surface area contributed by atoms with Crippen molar-refractivity contribution in [2.24, 2.45) is 0 Å². The Kier molecular flexibility index (Phi) is 7.79. The van der Waals surface area contributed by atoms with Gasteiger partial charge in [-0.25, -0.2) is 4.98 Å². The molecule has 0 saturated carbocycles. The molecular formula is C27H23N2NaO4. The van der Waals surface area contributed by atoms with Crippen LogP contribution in [0.25, 0.3) is 38.8 Å². The average molecular weight is 462 g/mol. The number of carbonyl (C=O) groups excluding carboxylic acids is 1. The smallest absolute Gasteiger partial charge is 0.550 e. The van der Waals surface area contributed by atoms with Crippen molar-refractivity contribution in [3.63, 3.8) is 0 Å². The van der Waals surface area contributed by atoms with Gasteiger partial charge in [0.25, 0.3) is 0 Å². The third-order valence-corrected chi connectivity index (χ3v) is 5.87. The first-order valence-electron chi connectivity index (χ1n) is 10.4. The molecule has 0 saturated heterocycles. The number of pyridine rings is 1. The molecule has 0 radical (unpaired) electrons. The van der Waals surface area contributed by atoms with Crippen LogP contribution < -0.4 is 39.4 Å². The first-order chi connectivity index (χ1) is 15.6. The van der Waals surface area contributed by atoms with Crippen molar-refractivity contribution in [2.75, 3.05) is 7.11 Å². The number of carboxylic acid groups (broad SMARTS) is 1. The third kappa shape index (κ3) is 4.45. The van der Waals surface area contributed by atoms with Gasteiger partial charge in [-0.05, 0) is 42.8 Å². The zero-order valence-electron chi connectivity index (χ0n) is 19.3. The molecule has 2 heterocycles. The number of ether oxygens (including phenoxy) is 1. The number of hydrogen-bond donors (Lipinski definition) is 0. The Morgan fingerprint density at radius 2 is 1.68 bits per heavy atom. The molecule has 0 aliphatic heterocycles. The number of benzene rings is 3. The Morgan fingerprint density at radius 3 is 2.38 bits per heavy atom. The Labute approximate surface area is 219 Å². The normalized spacial score (nSPS) is 10.5. The van der Waals surface area contributed by atoms with E-state index >= 15 is 0 Å². The summed E-state index contributed by atoms with van der Waals surface area (Å²) in [5.41, 5.74) is 6.19. The summed E-state index contributed by atoms with van der Waals surface area (Å²) >= 11 is 0. The topological polar surface area (TPSA) is 98.7 Å². The number of methoxy groups -OCH3 is 1. The van der Waals surface area contributed by atoms with Gasteiger partial charge in [0.1, 0.15) is 5.75 Å². The van der Waals surface area contributed by atoms with E-state index in [1.165, 1.54) is 0 Å². The molecule has 2 N–H and O–H groups in total. The zero-order chi connectivity index (χ0) is 22.2. The molecular weight excluding hydrogens is 439 g/mol. The van der Waals surface area contributed by atoms with Gasteiger partial charge in [0.2, 0.25) is 0 Å². The summed E-state index contributed by atoms with van der Waals surface area (Å²) in [5.74, 6) is -0.432. The largest absolute Gasteiger partial charge is 1.00 e. The van der Waals surface area contributed by atoms with Gasteiger partial charge in [0.15, 0.2) is 0 Å². The number of carbonyl (C=O) groups is 1. The van der Waals surface area contributed by atoms with E-state index in [1.807, 2.05) is 79.7 Å². The van der Waals surface area contributed by atoms with E-state index in [0.29, 0.717) is 5.75 Å². The first kappa shape index (κ1) is 25.5. The second-order valence-electron chi connectivity index (χ2n) is 7.74. The fourth-order valence-electron chi connectivity index (χ4n) is 4.37.